The zero-order chi connectivity index (χ0) is 14.4. The Balaban J connectivity index is 1.79. The van der Waals surface area contributed by atoms with Crippen LogP contribution in [0.3, 0.4) is 0 Å². The lowest BCUT2D eigenvalue weighted by molar-refractivity contribution is 0.368. The highest BCUT2D eigenvalue weighted by molar-refractivity contribution is 6.17. The summed E-state index contributed by atoms with van der Waals surface area (Å²) >= 11 is 5.95. The van der Waals surface area contributed by atoms with Gasteiger partial charge in [0.2, 0.25) is 5.88 Å². The Hall–Kier alpha value is -1.36. The minimum absolute atomic E-state index is 0.493. The molecule has 2 aromatic heterocycles. The second-order valence-corrected chi connectivity index (χ2v) is 6.62. The highest BCUT2D eigenvalue weighted by Gasteiger charge is 2.54. The van der Waals surface area contributed by atoms with E-state index in [1.54, 1.807) is 13.4 Å². The summed E-state index contributed by atoms with van der Waals surface area (Å²) in [7, 11) is 1.62. The fourth-order valence-electron chi connectivity index (χ4n) is 3.42. The third-order valence-electron chi connectivity index (χ3n) is 4.90. The highest BCUT2D eigenvalue weighted by Crippen LogP contribution is 2.62. The Morgan fingerprint density at radius 1 is 1.38 bits per heavy atom. The molecule has 0 radical (unpaired) electrons. The maximum absolute atomic E-state index is 5.95. The average Bonchev–Trinajstić information content (AvgIpc) is 3.38. The first-order valence-electron chi connectivity index (χ1n) is 7.57. The Bertz CT molecular complexity index is 676. The van der Waals surface area contributed by atoms with E-state index in [4.69, 9.17) is 21.3 Å². The van der Waals surface area contributed by atoms with E-state index in [1.165, 1.54) is 25.7 Å². The normalized spacial score (nSPS) is 19.9. The molecule has 0 aromatic carbocycles. The van der Waals surface area contributed by atoms with Gasteiger partial charge in [0.15, 0.2) is 11.2 Å². The Kier molecular flexibility index (Phi) is 3.06. The van der Waals surface area contributed by atoms with Crippen LogP contribution in [0.5, 0.6) is 5.88 Å². The van der Waals surface area contributed by atoms with E-state index in [-0.39, 0.29) is 0 Å². The predicted molar refractivity (Wildman–Crippen MR) is 80.7 cm³/mol. The summed E-state index contributed by atoms with van der Waals surface area (Å²) in [6, 6.07) is 0. The molecule has 2 aromatic rings. The molecule has 0 unspecified atom stereocenters. The number of alkyl halides is 1. The van der Waals surface area contributed by atoms with Gasteiger partial charge >= 0.3 is 0 Å². The topological polar surface area (TPSA) is 52.8 Å². The maximum Gasteiger partial charge on any atom is 0.245 e. The number of aryl methyl sites for hydroxylation is 1. The molecule has 4 rings (SSSR count). The summed E-state index contributed by atoms with van der Waals surface area (Å²) in [5.74, 6) is 3.02. The zero-order valence-electron chi connectivity index (χ0n) is 12.2. The van der Waals surface area contributed by atoms with E-state index >= 15 is 0 Å². The summed E-state index contributed by atoms with van der Waals surface area (Å²) in [4.78, 5) is 13.3. The summed E-state index contributed by atoms with van der Waals surface area (Å²) in [5.41, 5.74) is 2.13. The van der Waals surface area contributed by atoms with Crippen molar-refractivity contribution in [1.82, 2.24) is 19.5 Å². The van der Waals surface area contributed by atoms with Gasteiger partial charge in [0, 0.05) is 18.8 Å². The fourth-order valence-corrected chi connectivity index (χ4v) is 3.59. The Morgan fingerprint density at radius 3 is 2.81 bits per heavy atom. The van der Waals surface area contributed by atoms with Gasteiger partial charge in [-0.25, -0.2) is 9.97 Å². The minimum atomic E-state index is 0.493. The van der Waals surface area contributed by atoms with E-state index in [9.17, 15) is 0 Å². The van der Waals surface area contributed by atoms with E-state index < -0.39 is 0 Å². The maximum atomic E-state index is 5.95. The highest BCUT2D eigenvalue weighted by atomic mass is 35.5. The molecule has 0 saturated heterocycles. The van der Waals surface area contributed by atoms with Crippen LogP contribution in [0.2, 0.25) is 0 Å². The van der Waals surface area contributed by atoms with Crippen LogP contribution in [0, 0.1) is 11.3 Å². The average molecular weight is 307 g/mol. The molecular weight excluding hydrogens is 288 g/mol. The number of hydrogen-bond donors (Lipinski definition) is 0. The van der Waals surface area contributed by atoms with Gasteiger partial charge in [-0.1, -0.05) is 0 Å². The van der Waals surface area contributed by atoms with Crippen molar-refractivity contribution in [3.05, 3.63) is 12.2 Å². The fraction of sp³-hybridized carbons (Fsp3) is 0.667. The molecule has 0 spiro atoms. The van der Waals surface area contributed by atoms with Crippen LogP contribution in [-0.2, 0) is 13.0 Å². The van der Waals surface area contributed by atoms with Gasteiger partial charge in [-0.3, -0.25) is 0 Å². The summed E-state index contributed by atoms with van der Waals surface area (Å²) < 4.78 is 7.58. The molecule has 112 valence electrons. The number of nitrogens with zero attached hydrogens (tertiary/aromatic N) is 4. The van der Waals surface area contributed by atoms with Crippen molar-refractivity contribution < 1.29 is 4.74 Å². The van der Waals surface area contributed by atoms with Crippen LogP contribution in [0.4, 0.5) is 0 Å². The first-order chi connectivity index (χ1) is 10.3. The summed E-state index contributed by atoms with van der Waals surface area (Å²) in [5, 5.41) is 0. The van der Waals surface area contributed by atoms with Crippen molar-refractivity contribution in [2.75, 3.05) is 13.0 Å². The van der Waals surface area contributed by atoms with Gasteiger partial charge in [-0.05, 0) is 37.0 Å². The lowest BCUT2D eigenvalue weighted by Gasteiger charge is -2.17. The standard InChI is InChI=1S/C15H19ClN4O/c1-21-14-12-13(17-9-18-14)20(11(19-12)4-7-16)8-15(5-6-15)10-2-3-10/h9-10H,2-8H2,1H3. The summed E-state index contributed by atoms with van der Waals surface area (Å²) in [6.45, 7) is 1.01. The molecule has 2 aliphatic rings. The molecule has 0 amide bonds. The Labute approximate surface area is 128 Å². The number of methoxy groups -OCH3 is 1. The van der Waals surface area contributed by atoms with Crippen molar-refractivity contribution in [3.8, 4) is 5.88 Å². The van der Waals surface area contributed by atoms with Gasteiger partial charge in [0.25, 0.3) is 0 Å². The van der Waals surface area contributed by atoms with Crippen LogP contribution < -0.4 is 4.74 Å². The smallest absolute Gasteiger partial charge is 0.245 e. The van der Waals surface area contributed by atoms with E-state index in [2.05, 4.69) is 14.5 Å². The van der Waals surface area contributed by atoms with Crippen molar-refractivity contribution in [2.45, 2.75) is 38.6 Å². The van der Waals surface area contributed by atoms with Crippen molar-refractivity contribution in [2.24, 2.45) is 11.3 Å². The van der Waals surface area contributed by atoms with Gasteiger partial charge in [-0.15, -0.1) is 11.6 Å². The second kappa shape index (κ2) is 4.83. The third kappa shape index (κ3) is 2.18. The lowest BCUT2D eigenvalue weighted by Crippen LogP contribution is -2.16. The number of fused-ring (bicyclic) bond motifs is 1. The van der Waals surface area contributed by atoms with Gasteiger partial charge in [-0.2, -0.15) is 4.98 Å². The van der Waals surface area contributed by atoms with Gasteiger partial charge < -0.3 is 9.30 Å². The number of hydrogen-bond acceptors (Lipinski definition) is 4. The van der Waals surface area contributed by atoms with Crippen LogP contribution in [-0.4, -0.2) is 32.5 Å². The summed E-state index contributed by atoms with van der Waals surface area (Å²) in [6.07, 6.45) is 7.74. The Morgan fingerprint density at radius 2 is 2.19 bits per heavy atom. The first kappa shape index (κ1) is 13.3. The zero-order valence-corrected chi connectivity index (χ0v) is 12.9. The molecule has 2 fully saturated rings. The lowest BCUT2D eigenvalue weighted by atomic mass is 10.0. The molecular formula is C15H19ClN4O. The molecule has 6 heteroatoms. The van der Waals surface area contributed by atoms with Crippen LogP contribution in [0.1, 0.15) is 31.5 Å². The third-order valence-corrected chi connectivity index (χ3v) is 5.09. The van der Waals surface area contributed by atoms with E-state index in [1.807, 2.05) is 0 Å². The monoisotopic (exact) mass is 306 g/mol. The minimum Gasteiger partial charge on any atom is -0.479 e. The SMILES string of the molecule is COc1ncnc2c1nc(CCCl)n2CC1(C2CC2)CC1. The molecule has 0 atom stereocenters. The second-order valence-electron chi connectivity index (χ2n) is 6.24. The van der Waals surface area contributed by atoms with E-state index in [0.717, 1.165) is 35.9 Å². The first-order valence-corrected chi connectivity index (χ1v) is 8.11. The number of aromatic nitrogens is 4. The quantitative estimate of drug-likeness (QED) is 0.770. The molecule has 0 aliphatic heterocycles. The number of imidazole rings is 1. The molecule has 0 N–H and O–H groups in total. The van der Waals surface area contributed by atoms with Crippen molar-refractivity contribution in [3.63, 3.8) is 0 Å². The molecule has 0 bridgehead atoms. The van der Waals surface area contributed by atoms with Crippen LogP contribution >= 0.6 is 11.6 Å². The van der Waals surface area contributed by atoms with E-state index in [0.29, 0.717) is 17.2 Å². The molecule has 2 saturated carbocycles. The molecule has 21 heavy (non-hydrogen) atoms. The van der Waals surface area contributed by atoms with Crippen molar-refractivity contribution in [1.29, 1.82) is 0 Å². The van der Waals surface area contributed by atoms with Crippen LogP contribution in [0.15, 0.2) is 6.33 Å². The van der Waals surface area contributed by atoms with Crippen LogP contribution in [0.25, 0.3) is 11.2 Å². The molecule has 2 aliphatic carbocycles. The predicted octanol–water partition coefficient (Wildman–Crippen LogP) is 2.81. The number of rotatable bonds is 6. The molecule has 2 heterocycles. The van der Waals surface area contributed by atoms with Crippen molar-refractivity contribution >= 4 is 22.8 Å². The number of ether oxygens (including phenoxy) is 1. The van der Waals surface area contributed by atoms with Gasteiger partial charge in [0.1, 0.15) is 12.2 Å². The molecule has 5 nitrogen and oxygen atoms in total. The number of halogens is 1. The van der Waals surface area contributed by atoms with Gasteiger partial charge in [0.05, 0.1) is 7.11 Å². The largest absolute Gasteiger partial charge is 0.479 e.